The minimum absolute atomic E-state index is 0.382. The Morgan fingerprint density at radius 2 is 1.93 bits per heavy atom. The Bertz CT molecular complexity index is 151. The van der Waals surface area contributed by atoms with Gasteiger partial charge in [0.15, 0.2) is 0 Å². The average Bonchev–Trinajstić information content (AvgIpc) is 2.29. The summed E-state index contributed by atoms with van der Waals surface area (Å²) in [5.74, 6) is 2.09. The lowest BCUT2D eigenvalue weighted by molar-refractivity contribution is 0.0640. The number of hydrogen-bond acceptors (Lipinski definition) is 2. The first kappa shape index (κ1) is 13.0. The first-order chi connectivity index (χ1) is 7.27. The Labute approximate surface area is 94.0 Å². The predicted molar refractivity (Wildman–Crippen MR) is 62.8 cm³/mol. The topological polar surface area (TPSA) is 29.5 Å². The predicted octanol–water partition coefficient (Wildman–Crippen LogP) is 2.85. The fourth-order valence-corrected chi connectivity index (χ4v) is 2.49. The lowest BCUT2D eigenvalue weighted by Gasteiger charge is -2.31. The second kappa shape index (κ2) is 7.24. The molecule has 1 aliphatic carbocycles. The van der Waals surface area contributed by atoms with Gasteiger partial charge in [0.2, 0.25) is 0 Å². The zero-order valence-corrected chi connectivity index (χ0v) is 10.2. The largest absolute Gasteiger partial charge is 0.396 e. The molecule has 0 amide bonds. The van der Waals surface area contributed by atoms with Gasteiger partial charge in [-0.05, 0) is 49.9 Å². The summed E-state index contributed by atoms with van der Waals surface area (Å²) in [7, 11) is 0. The number of aliphatic hydroxyl groups is 1. The Balaban J connectivity index is 2.15. The first-order valence-corrected chi connectivity index (χ1v) is 6.46. The van der Waals surface area contributed by atoms with E-state index in [9.17, 15) is 0 Å². The van der Waals surface area contributed by atoms with Gasteiger partial charge in [0.25, 0.3) is 0 Å². The van der Waals surface area contributed by atoms with Crippen molar-refractivity contribution in [2.75, 3.05) is 19.8 Å². The Morgan fingerprint density at radius 3 is 2.47 bits per heavy atom. The molecule has 0 aromatic carbocycles. The Morgan fingerprint density at radius 1 is 1.27 bits per heavy atom. The molecule has 0 aliphatic heterocycles. The fraction of sp³-hybridized carbons (Fsp3) is 1.00. The molecule has 0 spiro atoms. The van der Waals surface area contributed by atoms with Gasteiger partial charge in [0, 0.05) is 19.8 Å². The second-order valence-electron chi connectivity index (χ2n) is 5.02. The van der Waals surface area contributed by atoms with E-state index in [0.29, 0.717) is 18.4 Å². The van der Waals surface area contributed by atoms with Crippen LogP contribution in [0, 0.1) is 17.8 Å². The lowest BCUT2D eigenvalue weighted by atomic mass is 9.77. The molecule has 0 aromatic heterocycles. The molecule has 90 valence electrons. The van der Waals surface area contributed by atoms with Crippen molar-refractivity contribution < 1.29 is 9.84 Å². The molecule has 0 aromatic rings. The molecule has 0 heterocycles. The molecule has 2 nitrogen and oxygen atoms in total. The van der Waals surface area contributed by atoms with E-state index >= 15 is 0 Å². The summed E-state index contributed by atoms with van der Waals surface area (Å²) in [5, 5.41) is 9.06. The Hall–Kier alpha value is -0.0800. The van der Waals surface area contributed by atoms with Crippen molar-refractivity contribution in [3.05, 3.63) is 0 Å². The fourth-order valence-electron chi connectivity index (χ4n) is 2.49. The van der Waals surface area contributed by atoms with Gasteiger partial charge < -0.3 is 9.84 Å². The molecule has 1 unspecified atom stereocenters. The van der Waals surface area contributed by atoms with E-state index in [1.165, 1.54) is 25.7 Å². The summed E-state index contributed by atoms with van der Waals surface area (Å²) in [4.78, 5) is 0. The van der Waals surface area contributed by atoms with E-state index in [1.807, 2.05) is 0 Å². The van der Waals surface area contributed by atoms with Gasteiger partial charge in [0.1, 0.15) is 0 Å². The van der Waals surface area contributed by atoms with Crippen LogP contribution >= 0.6 is 0 Å². The third kappa shape index (κ3) is 4.52. The van der Waals surface area contributed by atoms with Gasteiger partial charge in [-0.3, -0.25) is 0 Å². The van der Waals surface area contributed by atoms with Crippen LogP contribution in [0.25, 0.3) is 0 Å². The van der Waals surface area contributed by atoms with Crippen molar-refractivity contribution in [3.8, 4) is 0 Å². The van der Waals surface area contributed by atoms with E-state index in [0.717, 1.165) is 25.6 Å². The van der Waals surface area contributed by atoms with Crippen LogP contribution in [-0.4, -0.2) is 24.9 Å². The molecule has 1 aliphatic rings. The molecule has 15 heavy (non-hydrogen) atoms. The van der Waals surface area contributed by atoms with Crippen LogP contribution in [-0.2, 0) is 4.74 Å². The summed E-state index contributed by atoms with van der Waals surface area (Å²) in [5.41, 5.74) is 0. The zero-order valence-electron chi connectivity index (χ0n) is 10.2. The van der Waals surface area contributed by atoms with Crippen molar-refractivity contribution in [1.82, 2.24) is 0 Å². The lowest BCUT2D eigenvalue weighted by Crippen LogP contribution is -2.24. The molecule has 0 radical (unpaired) electrons. The van der Waals surface area contributed by atoms with Crippen molar-refractivity contribution in [1.29, 1.82) is 0 Å². The second-order valence-corrected chi connectivity index (χ2v) is 5.02. The third-order valence-electron chi connectivity index (χ3n) is 3.68. The molecule has 1 fully saturated rings. The van der Waals surface area contributed by atoms with E-state index in [-0.39, 0.29) is 0 Å². The highest BCUT2D eigenvalue weighted by atomic mass is 16.5. The number of aliphatic hydroxyl groups excluding tert-OH is 1. The standard InChI is InChI=1S/C13H26O2/c1-3-8-15-10-11(2)13-6-4-12(9-14)5-7-13/h11-14H,3-10H2,1-2H3. The van der Waals surface area contributed by atoms with Gasteiger partial charge in [-0.15, -0.1) is 0 Å². The molecule has 1 atom stereocenters. The number of rotatable bonds is 6. The van der Waals surface area contributed by atoms with Crippen LogP contribution in [0.1, 0.15) is 46.0 Å². The first-order valence-electron chi connectivity index (χ1n) is 6.46. The molecule has 0 bridgehead atoms. The smallest absolute Gasteiger partial charge is 0.0494 e. The molecular weight excluding hydrogens is 188 g/mol. The summed E-state index contributed by atoms with van der Waals surface area (Å²) in [6.45, 7) is 6.66. The minimum atomic E-state index is 0.382. The molecule has 1 rings (SSSR count). The highest BCUT2D eigenvalue weighted by Gasteiger charge is 2.24. The zero-order chi connectivity index (χ0) is 11.1. The highest BCUT2D eigenvalue weighted by molar-refractivity contribution is 4.75. The minimum Gasteiger partial charge on any atom is -0.396 e. The average molecular weight is 214 g/mol. The van der Waals surface area contributed by atoms with Crippen LogP contribution in [0.5, 0.6) is 0 Å². The third-order valence-corrected chi connectivity index (χ3v) is 3.68. The van der Waals surface area contributed by atoms with E-state index in [1.54, 1.807) is 0 Å². The highest BCUT2D eigenvalue weighted by Crippen LogP contribution is 2.33. The van der Waals surface area contributed by atoms with Crippen molar-refractivity contribution in [2.45, 2.75) is 46.0 Å². The van der Waals surface area contributed by atoms with E-state index < -0.39 is 0 Å². The molecular formula is C13H26O2. The van der Waals surface area contributed by atoms with Gasteiger partial charge in [-0.1, -0.05) is 13.8 Å². The number of ether oxygens (including phenoxy) is 1. The van der Waals surface area contributed by atoms with Gasteiger partial charge >= 0.3 is 0 Å². The molecule has 1 saturated carbocycles. The van der Waals surface area contributed by atoms with Crippen LogP contribution < -0.4 is 0 Å². The maximum atomic E-state index is 9.06. The quantitative estimate of drug-likeness (QED) is 0.689. The molecule has 1 N–H and O–H groups in total. The maximum absolute atomic E-state index is 9.06. The van der Waals surface area contributed by atoms with E-state index in [2.05, 4.69) is 13.8 Å². The van der Waals surface area contributed by atoms with Gasteiger partial charge in [-0.25, -0.2) is 0 Å². The Kier molecular flexibility index (Phi) is 6.26. The van der Waals surface area contributed by atoms with Crippen LogP contribution in [0.15, 0.2) is 0 Å². The van der Waals surface area contributed by atoms with Crippen molar-refractivity contribution in [2.24, 2.45) is 17.8 Å². The summed E-state index contributed by atoms with van der Waals surface area (Å²) in [6.07, 6.45) is 6.09. The van der Waals surface area contributed by atoms with Gasteiger partial charge in [0.05, 0.1) is 0 Å². The molecule has 2 heteroatoms. The van der Waals surface area contributed by atoms with Gasteiger partial charge in [-0.2, -0.15) is 0 Å². The molecule has 0 saturated heterocycles. The number of hydrogen-bond donors (Lipinski definition) is 1. The monoisotopic (exact) mass is 214 g/mol. The van der Waals surface area contributed by atoms with Crippen LogP contribution in [0.3, 0.4) is 0 Å². The van der Waals surface area contributed by atoms with E-state index in [4.69, 9.17) is 9.84 Å². The maximum Gasteiger partial charge on any atom is 0.0494 e. The van der Waals surface area contributed by atoms with Crippen LogP contribution in [0.2, 0.25) is 0 Å². The summed E-state index contributed by atoms with van der Waals surface area (Å²) >= 11 is 0. The van der Waals surface area contributed by atoms with Crippen molar-refractivity contribution >= 4 is 0 Å². The normalized spacial score (nSPS) is 29.0. The summed E-state index contributed by atoms with van der Waals surface area (Å²) in [6, 6.07) is 0. The van der Waals surface area contributed by atoms with Crippen LogP contribution in [0.4, 0.5) is 0 Å². The summed E-state index contributed by atoms with van der Waals surface area (Å²) < 4.78 is 5.60. The SMILES string of the molecule is CCCOCC(C)C1CCC(CO)CC1. The van der Waals surface area contributed by atoms with Crippen molar-refractivity contribution in [3.63, 3.8) is 0 Å².